The summed E-state index contributed by atoms with van der Waals surface area (Å²) in [7, 11) is 1.81. The number of likely N-dealkylation sites (tertiary alicyclic amines) is 1. The van der Waals surface area contributed by atoms with E-state index in [2.05, 4.69) is 43.0 Å². The lowest BCUT2D eigenvalue weighted by Crippen LogP contribution is -2.45. The highest BCUT2D eigenvalue weighted by molar-refractivity contribution is 5.77. The largest absolute Gasteiger partial charge is 0.381 e. The molecule has 1 amide bonds. The van der Waals surface area contributed by atoms with Crippen LogP contribution < -0.4 is 0 Å². The normalized spacial score (nSPS) is 21.3. The average Bonchev–Trinajstić information content (AvgIpc) is 2.56. The number of ether oxygens (including phenoxy) is 1. The molecule has 3 atom stereocenters. The molecular formula is C20H31NO2. The molecule has 0 bridgehead atoms. The molecule has 1 fully saturated rings. The predicted octanol–water partition coefficient (Wildman–Crippen LogP) is 4.06. The molecule has 1 heterocycles. The Morgan fingerprint density at radius 1 is 1.30 bits per heavy atom. The molecule has 0 aromatic heterocycles. The van der Waals surface area contributed by atoms with Gasteiger partial charge in [-0.1, -0.05) is 44.2 Å². The Kier molecular flexibility index (Phi) is 7.10. The van der Waals surface area contributed by atoms with E-state index in [1.54, 1.807) is 7.11 Å². The molecular weight excluding hydrogens is 286 g/mol. The van der Waals surface area contributed by atoms with Crippen LogP contribution in [0.25, 0.3) is 0 Å². The van der Waals surface area contributed by atoms with Gasteiger partial charge < -0.3 is 9.64 Å². The van der Waals surface area contributed by atoms with Gasteiger partial charge >= 0.3 is 0 Å². The number of amides is 1. The van der Waals surface area contributed by atoms with Gasteiger partial charge in [-0.3, -0.25) is 4.79 Å². The van der Waals surface area contributed by atoms with Crippen molar-refractivity contribution in [1.29, 1.82) is 0 Å². The van der Waals surface area contributed by atoms with Crippen LogP contribution in [0.4, 0.5) is 0 Å². The molecule has 2 unspecified atom stereocenters. The first kappa shape index (κ1) is 18.0. The molecule has 1 aliphatic heterocycles. The van der Waals surface area contributed by atoms with E-state index in [1.165, 1.54) is 5.56 Å². The molecule has 1 saturated heterocycles. The van der Waals surface area contributed by atoms with Gasteiger partial charge in [0.2, 0.25) is 5.91 Å². The molecule has 3 nitrogen and oxygen atoms in total. The minimum Gasteiger partial charge on any atom is -0.381 e. The number of rotatable bonds is 8. The van der Waals surface area contributed by atoms with E-state index in [0.29, 0.717) is 17.9 Å². The molecule has 1 aromatic carbocycles. The summed E-state index contributed by atoms with van der Waals surface area (Å²) >= 11 is 0. The number of carbonyl (C=O) groups excluding carboxylic acids is 1. The number of benzene rings is 1. The third-order valence-electron chi connectivity index (χ3n) is 5.01. The van der Waals surface area contributed by atoms with Crippen LogP contribution in [0.3, 0.4) is 0 Å². The number of nitrogens with zero attached hydrogens (tertiary/aromatic N) is 1. The van der Waals surface area contributed by atoms with Crippen LogP contribution in [0.1, 0.15) is 51.5 Å². The Morgan fingerprint density at radius 3 is 2.70 bits per heavy atom. The molecule has 3 heteroatoms. The van der Waals surface area contributed by atoms with Crippen molar-refractivity contribution in [3.05, 3.63) is 35.9 Å². The molecule has 0 saturated carbocycles. The standard InChI is InChI=1S/C20H31NO2/c1-4-13-21-18(11-8-12-20(21)22)14-16(2)19(23-3)15-17-9-6-5-7-10-17/h5-7,9-10,16,18-19H,4,8,11-15H2,1-3H3/t16-,18?,19?/m1/s1. The maximum absolute atomic E-state index is 12.2. The fourth-order valence-electron chi connectivity index (χ4n) is 3.73. The van der Waals surface area contributed by atoms with E-state index < -0.39 is 0 Å². The Morgan fingerprint density at radius 2 is 2.04 bits per heavy atom. The molecule has 1 aliphatic rings. The molecule has 128 valence electrons. The van der Waals surface area contributed by atoms with Crippen LogP contribution in [0.15, 0.2) is 30.3 Å². The monoisotopic (exact) mass is 317 g/mol. The fraction of sp³-hybridized carbons (Fsp3) is 0.650. The minimum absolute atomic E-state index is 0.206. The zero-order chi connectivity index (χ0) is 16.7. The van der Waals surface area contributed by atoms with E-state index in [9.17, 15) is 4.79 Å². The SMILES string of the molecule is CCCN1C(=O)CCCC1C[C@@H](C)C(Cc1ccccc1)OC. The maximum Gasteiger partial charge on any atom is 0.222 e. The summed E-state index contributed by atoms with van der Waals surface area (Å²) < 4.78 is 5.78. The van der Waals surface area contributed by atoms with E-state index in [0.717, 1.165) is 45.1 Å². The summed E-state index contributed by atoms with van der Waals surface area (Å²) in [5.41, 5.74) is 1.32. The molecule has 0 N–H and O–H groups in total. The second kappa shape index (κ2) is 9.07. The smallest absolute Gasteiger partial charge is 0.222 e. The summed E-state index contributed by atoms with van der Waals surface area (Å²) in [4.78, 5) is 14.3. The van der Waals surface area contributed by atoms with E-state index in [1.807, 2.05) is 6.07 Å². The maximum atomic E-state index is 12.2. The average molecular weight is 317 g/mol. The van der Waals surface area contributed by atoms with Crippen molar-refractivity contribution in [2.24, 2.45) is 5.92 Å². The van der Waals surface area contributed by atoms with Gasteiger partial charge in [-0.2, -0.15) is 0 Å². The van der Waals surface area contributed by atoms with Crippen LogP contribution in [0.2, 0.25) is 0 Å². The Balaban J connectivity index is 1.97. The fourth-order valence-corrected chi connectivity index (χ4v) is 3.73. The third kappa shape index (κ3) is 5.07. The molecule has 0 spiro atoms. The number of carbonyl (C=O) groups is 1. The van der Waals surface area contributed by atoms with Gasteiger partial charge in [0.1, 0.15) is 0 Å². The van der Waals surface area contributed by atoms with Crippen molar-refractivity contribution in [3.8, 4) is 0 Å². The van der Waals surface area contributed by atoms with E-state index in [-0.39, 0.29) is 6.10 Å². The first-order valence-electron chi connectivity index (χ1n) is 9.01. The van der Waals surface area contributed by atoms with Gasteiger partial charge in [-0.25, -0.2) is 0 Å². The van der Waals surface area contributed by atoms with Crippen LogP contribution in [0.5, 0.6) is 0 Å². The Bertz CT molecular complexity index is 474. The lowest BCUT2D eigenvalue weighted by molar-refractivity contribution is -0.137. The molecule has 1 aromatic rings. The van der Waals surface area contributed by atoms with Crippen molar-refractivity contribution < 1.29 is 9.53 Å². The first-order chi connectivity index (χ1) is 11.2. The molecule has 0 aliphatic carbocycles. The lowest BCUT2D eigenvalue weighted by Gasteiger charge is -2.38. The Hall–Kier alpha value is -1.35. The van der Waals surface area contributed by atoms with E-state index >= 15 is 0 Å². The van der Waals surface area contributed by atoms with Gasteiger partial charge in [-0.05, 0) is 43.6 Å². The number of hydrogen-bond donors (Lipinski definition) is 0. The predicted molar refractivity (Wildman–Crippen MR) is 94.4 cm³/mol. The van der Waals surface area contributed by atoms with Crippen molar-refractivity contribution >= 4 is 5.91 Å². The molecule has 2 rings (SSSR count). The van der Waals surface area contributed by atoms with Crippen molar-refractivity contribution in [1.82, 2.24) is 4.90 Å². The van der Waals surface area contributed by atoms with Crippen molar-refractivity contribution in [3.63, 3.8) is 0 Å². The summed E-state index contributed by atoms with van der Waals surface area (Å²) in [6.07, 6.45) is 6.11. The second-order valence-corrected chi connectivity index (χ2v) is 6.81. The lowest BCUT2D eigenvalue weighted by atomic mass is 9.87. The van der Waals surface area contributed by atoms with Gasteiger partial charge in [0.25, 0.3) is 0 Å². The quantitative estimate of drug-likeness (QED) is 0.723. The summed E-state index contributed by atoms with van der Waals surface area (Å²) in [6, 6.07) is 10.9. The van der Waals surface area contributed by atoms with Crippen LogP contribution in [0, 0.1) is 5.92 Å². The summed E-state index contributed by atoms with van der Waals surface area (Å²) in [5.74, 6) is 0.780. The number of piperidine rings is 1. The van der Waals surface area contributed by atoms with Crippen LogP contribution >= 0.6 is 0 Å². The van der Waals surface area contributed by atoms with Crippen molar-refractivity contribution in [2.45, 2.75) is 64.5 Å². The highest BCUT2D eigenvalue weighted by Gasteiger charge is 2.30. The Labute approximate surface area is 141 Å². The minimum atomic E-state index is 0.206. The van der Waals surface area contributed by atoms with Crippen molar-refractivity contribution in [2.75, 3.05) is 13.7 Å². The van der Waals surface area contributed by atoms with E-state index in [4.69, 9.17) is 4.74 Å². The highest BCUT2D eigenvalue weighted by Crippen LogP contribution is 2.27. The zero-order valence-electron chi connectivity index (χ0n) is 14.8. The van der Waals surface area contributed by atoms with Gasteiger partial charge in [0.15, 0.2) is 0 Å². The second-order valence-electron chi connectivity index (χ2n) is 6.81. The van der Waals surface area contributed by atoms with Gasteiger partial charge in [0, 0.05) is 26.1 Å². The summed E-state index contributed by atoms with van der Waals surface area (Å²) in [6.45, 7) is 5.31. The number of hydrogen-bond acceptors (Lipinski definition) is 2. The van der Waals surface area contributed by atoms with Crippen LogP contribution in [-0.4, -0.2) is 36.6 Å². The topological polar surface area (TPSA) is 29.5 Å². The zero-order valence-corrected chi connectivity index (χ0v) is 14.8. The van der Waals surface area contributed by atoms with Gasteiger partial charge in [0.05, 0.1) is 6.10 Å². The first-order valence-corrected chi connectivity index (χ1v) is 9.01. The third-order valence-corrected chi connectivity index (χ3v) is 5.01. The van der Waals surface area contributed by atoms with Gasteiger partial charge in [-0.15, -0.1) is 0 Å². The summed E-state index contributed by atoms with van der Waals surface area (Å²) in [5, 5.41) is 0. The number of methoxy groups -OCH3 is 1. The molecule has 0 radical (unpaired) electrons. The highest BCUT2D eigenvalue weighted by atomic mass is 16.5. The molecule has 23 heavy (non-hydrogen) atoms. The van der Waals surface area contributed by atoms with Crippen LogP contribution in [-0.2, 0) is 16.0 Å².